The standard InChI is InChI=1S/C19H22INO2/c1-22-17-11-14(10-16(20)12-17)13-23-18-8-5-9-21-19(18)15-6-3-2-4-7-15/h2-4,6-7,10-12,18-19,21H,5,8-9,13H2,1H3. The molecule has 2 unspecified atom stereocenters. The third-order valence-corrected chi connectivity index (χ3v) is 4.81. The maximum absolute atomic E-state index is 6.27. The lowest BCUT2D eigenvalue weighted by atomic mass is 9.94. The first-order valence-corrected chi connectivity index (χ1v) is 9.07. The van der Waals surface area contributed by atoms with Gasteiger partial charge in [-0.1, -0.05) is 30.3 Å². The Hall–Kier alpha value is -1.11. The molecule has 3 nitrogen and oxygen atoms in total. The summed E-state index contributed by atoms with van der Waals surface area (Å²) in [7, 11) is 1.70. The zero-order valence-electron chi connectivity index (χ0n) is 13.3. The molecule has 1 aliphatic heterocycles. The number of hydrogen-bond acceptors (Lipinski definition) is 3. The topological polar surface area (TPSA) is 30.5 Å². The number of piperidine rings is 1. The van der Waals surface area contributed by atoms with E-state index in [2.05, 4.69) is 70.4 Å². The molecule has 1 saturated heterocycles. The Balaban J connectivity index is 1.69. The number of nitrogens with one attached hydrogen (secondary N) is 1. The van der Waals surface area contributed by atoms with Crippen LogP contribution in [0.25, 0.3) is 0 Å². The van der Waals surface area contributed by atoms with Crippen LogP contribution in [0.1, 0.15) is 30.0 Å². The Kier molecular flexibility index (Phi) is 5.91. The number of halogens is 1. The van der Waals surface area contributed by atoms with Gasteiger partial charge in [0.15, 0.2) is 0 Å². The van der Waals surface area contributed by atoms with Gasteiger partial charge in [0.2, 0.25) is 0 Å². The summed E-state index contributed by atoms with van der Waals surface area (Å²) < 4.78 is 12.8. The highest BCUT2D eigenvalue weighted by Crippen LogP contribution is 2.27. The van der Waals surface area contributed by atoms with Gasteiger partial charge >= 0.3 is 0 Å². The summed E-state index contributed by atoms with van der Waals surface area (Å²) in [4.78, 5) is 0. The van der Waals surface area contributed by atoms with Crippen LogP contribution in [-0.4, -0.2) is 19.8 Å². The fourth-order valence-corrected chi connectivity index (χ4v) is 3.76. The summed E-state index contributed by atoms with van der Waals surface area (Å²) >= 11 is 2.31. The molecule has 3 rings (SSSR count). The van der Waals surface area contributed by atoms with Crippen molar-refractivity contribution < 1.29 is 9.47 Å². The van der Waals surface area contributed by atoms with E-state index in [1.165, 1.54) is 9.13 Å². The highest BCUT2D eigenvalue weighted by molar-refractivity contribution is 14.1. The summed E-state index contributed by atoms with van der Waals surface area (Å²) in [6.45, 7) is 1.67. The monoisotopic (exact) mass is 423 g/mol. The van der Waals surface area contributed by atoms with Gasteiger partial charge in [-0.05, 0) is 71.3 Å². The number of ether oxygens (including phenoxy) is 2. The molecule has 0 spiro atoms. The first kappa shape index (κ1) is 16.7. The van der Waals surface area contributed by atoms with Crippen molar-refractivity contribution >= 4 is 22.6 Å². The van der Waals surface area contributed by atoms with E-state index in [1.807, 2.05) is 6.07 Å². The molecule has 1 fully saturated rings. The van der Waals surface area contributed by atoms with Gasteiger partial charge in [-0.2, -0.15) is 0 Å². The lowest BCUT2D eigenvalue weighted by Crippen LogP contribution is -2.39. The normalized spacial score (nSPS) is 21.1. The fraction of sp³-hybridized carbons (Fsp3) is 0.368. The van der Waals surface area contributed by atoms with E-state index in [4.69, 9.17) is 9.47 Å². The second-order valence-corrected chi connectivity index (χ2v) is 7.08. The Morgan fingerprint density at radius 1 is 1.17 bits per heavy atom. The van der Waals surface area contributed by atoms with Crippen LogP contribution in [-0.2, 0) is 11.3 Å². The maximum atomic E-state index is 6.27. The lowest BCUT2D eigenvalue weighted by molar-refractivity contribution is -0.00364. The van der Waals surface area contributed by atoms with E-state index < -0.39 is 0 Å². The Morgan fingerprint density at radius 2 is 2.00 bits per heavy atom. The predicted molar refractivity (Wildman–Crippen MR) is 101 cm³/mol. The van der Waals surface area contributed by atoms with E-state index in [9.17, 15) is 0 Å². The van der Waals surface area contributed by atoms with Gasteiger partial charge in [-0.25, -0.2) is 0 Å². The highest BCUT2D eigenvalue weighted by atomic mass is 127. The minimum absolute atomic E-state index is 0.204. The largest absolute Gasteiger partial charge is 0.497 e. The van der Waals surface area contributed by atoms with Crippen molar-refractivity contribution in [2.24, 2.45) is 0 Å². The molecule has 1 heterocycles. The molecule has 0 aromatic heterocycles. The van der Waals surface area contributed by atoms with Gasteiger partial charge in [0, 0.05) is 3.57 Å². The molecule has 2 aromatic rings. The van der Waals surface area contributed by atoms with Crippen LogP contribution in [0.3, 0.4) is 0 Å². The number of methoxy groups -OCH3 is 1. The smallest absolute Gasteiger partial charge is 0.120 e. The van der Waals surface area contributed by atoms with Crippen molar-refractivity contribution in [2.45, 2.75) is 31.6 Å². The molecule has 0 bridgehead atoms. The molecule has 4 heteroatoms. The molecule has 23 heavy (non-hydrogen) atoms. The van der Waals surface area contributed by atoms with Gasteiger partial charge in [-0.15, -0.1) is 0 Å². The van der Waals surface area contributed by atoms with E-state index in [1.54, 1.807) is 7.11 Å². The second kappa shape index (κ2) is 8.13. The summed E-state index contributed by atoms with van der Waals surface area (Å²) in [6, 6.07) is 17.1. The molecule has 122 valence electrons. The first-order valence-electron chi connectivity index (χ1n) is 7.99. The van der Waals surface area contributed by atoms with Crippen LogP contribution in [0.4, 0.5) is 0 Å². The van der Waals surface area contributed by atoms with Gasteiger partial charge in [-0.3, -0.25) is 0 Å². The van der Waals surface area contributed by atoms with Crippen LogP contribution < -0.4 is 10.1 Å². The van der Waals surface area contributed by atoms with E-state index in [-0.39, 0.29) is 12.1 Å². The van der Waals surface area contributed by atoms with Gasteiger partial charge in [0.05, 0.1) is 25.9 Å². The number of rotatable bonds is 5. The maximum Gasteiger partial charge on any atom is 0.120 e. The number of benzene rings is 2. The predicted octanol–water partition coefficient (Wildman–Crippen LogP) is 4.31. The minimum Gasteiger partial charge on any atom is -0.497 e. The van der Waals surface area contributed by atoms with E-state index in [0.717, 1.165) is 30.7 Å². The summed E-state index contributed by atoms with van der Waals surface area (Å²) in [5.41, 5.74) is 2.46. The number of hydrogen-bond donors (Lipinski definition) is 1. The van der Waals surface area contributed by atoms with Crippen molar-refractivity contribution in [1.29, 1.82) is 0 Å². The van der Waals surface area contributed by atoms with Crippen LogP contribution >= 0.6 is 22.6 Å². The van der Waals surface area contributed by atoms with Crippen molar-refractivity contribution in [3.8, 4) is 5.75 Å². The third kappa shape index (κ3) is 4.46. The van der Waals surface area contributed by atoms with Crippen LogP contribution in [0.2, 0.25) is 0 Å². The molecule has 1 aliphatic rings. The first-order chi connectivity index (χ1) is 11.3. The quantitative estimate of drug-likeness (QED) is 0.728. The average molecular weight is 423 g/mol. The molecule has 0 radical (unpaired) electrons. The van der Waals surface area contributed by atoms with Gasteiger partial charge in [0.1, 0.15) is 5.75 Å². The molecule has 0 aliphatic carbocycles. The van der Waals surface area contributed by atoms with Crippen LogP contribution in [0.5, 0.6) is 5.75 Å². The van der Waals surface area contributed by atoms with Crippen molar-refractivity contribution in [3.05, 3.63) is 63.2 Å². The Bertz CT molecular complexity index is 633. The molecule has 0 saturated carbocycles. The molecule has 2 aromatic carbocycles. The minimum atomic E-state index is 0.204. The Labute approximate surface area is 151 Å². The molecule has 1 N–H and O–H groups in total. The summed E-state index contributed by atoms with van der Waals surface area (Å²) in [5, 5.41) is 3.60. The SMILES string of the molecule is COc1cc(I)cc(COC2CCCNC2c2ccccc2)c1. The molecular weight excluding hydrogens is 401 g/mol. The summed E-state index contributed by atoms with van der Waals surface area (Å²) in [5.74, 6) is 0.886. The molecule has 2 atom stereocenters. The van der Waals surface area contributed by atoms with Crippen molar-refractivity contribution in [3.63, 3.8) is 0 Å². The van der Waals surface area contributed by atoms with E-state index >= 15 is 0 Å². The second-order valence-electron chi connectivity index (χ2n) is 5.83. The van der Waals surface area contributed by atoms with Gasteiger partial charge < -0.3 is 14.8 Å². The van der Waals surface area contributed by atoms with E-state index in [0.29, 0.717) is 6.61 Å². The molecular formula is C19H22INO2. The fourth-order valence-electron chi connectivity index (χ4n) is 3.06. The van der Waals surface area contributed by atoms with Crippen molar-refractivity contribution in [2.75, 3.05) is 13.7 Å². The van der Waals surface area contributed by atoms with Crippen LogP contribution in [0, 0.1) is 3.57 Å². The zero-order chi connectivity index (χ0) is 16.1. The third-order valence-electron chi connectivity index (χ3n) is 4.19. The Morgan fingerprint density at radius 3 is 2.78 bits per heavy atom. The average Bonchev–Trinajstić information content (AvgIpc) is 2.60. The summed E-state index contributed by atoms with van der Waals surface area (Å²) in [6.07, 6.45) is 2.45. The van der Waals surface area contributed by atoms with Crippen LogP contribution in [0.15, 0.2) is 48.5 Å². The van der Waals surface area contributed by atoms with Crippen molar-refractivity contribution in [1.82, 2.24) is 5.32 Å². The zero-order valence-corrected chi connectivity index (χ0v) is 15.5. The lowest BCUT2D eigenvalue weighted by Gasteiger charge is -2.33. The molecule has 0 amide bonds. The van der Waals surface area contributed by atoms with Gasteiger partial charge in [0.25, 0.3) is 0 Å². The highest BCUT2D eigenvalue weighted by Gasteiger charge is 2.26.